The highest BCUT2D eigenvalue weighted by molar-refractivity contribution is 6.11. The van der Waals surface area contributed by atoms with Crippen molar-refractivity contribution in [2.45, 2.75) is 78.6 Å². The van der Waals surface area contributed by atoms with Crippen molar-refractivity contribution in [3.05, 3.63) is 175 Å². The highest BCUT2D eigenvalue weighted by Crippen LogP contribution is 2.41. The molecule has 0 atom stereocenters. The Bertz CT molecular complexity index is 3830. The molecule has 0 spiro atoms. The molecule has 0 aliphatic heterocycles. The van der Waals surface area contributed by atoms with Crippen LogP contribution in [-0.4, -0.2) is 44.1 Å². The third kappa shape index (κ3) is 7.60. The molecule has 0 saturated heterocycles. The van der Waals surface area contributed by atoms with Crippen molar-refractivity contribution in [1.82, 2.24) is 44.1 Å². The van der Waals surface area contributed by atoms with Crippen molar-refractivity contribution >= 4 is 65.4 Å². The fraction of sp³-hybridized carbons (Fsp3) is 0.200. The Morgan fingerprint density at radius 2 is 0.690 bits per heavy atom. The van der Waals surface area contributed by atoms with Gasteiger partial charge in [-0.05, 0) is 107 Å². The number of aromatic nitrogens is 9. The first kappa shape index (κ1) is 43.8. The Hall–Kier alpha value is -8.44. The molecule has 6 heterocycles. The molecule has 0 fully saturated rings. The number of fused-ring (bicyclic) bond motifs is 9. The van der Waals surface area contributed by atoms with E-state index in [4.69, 9.17) is 19.4 Å². The summed E-state index contributed by atoms with van der Waals surface area (Å²) < 4.78 is 20.0. The predicted molar refractivity (Wildman–Crippen MR) is 285 cm³/mol. The van der Waals surface area contributed by atoms with Crippen LogP contribution in [0.3, 0.4) is 0 Å². The molecule has 0 unspecified atom stereocenters. The van der Waals surface area contributed by atoms with E-state index in [0.717, 1.165) is 77.1 Å². The Morgan fingerprint density at radius 3 is 1.06 bits per heavy atom. The smallest absolute Gasteiger partial charge is 0.273 e. The van der Waals surface area contributed by atoms with Gasteiger partial charge in [0.05, 0.1) is 33.1 Å². The van der Waals surface area contributed by atoms with Gasteiger partial charge in [-0.25, -0.2) is 9.97 Å². The molecule has 11 nitrogen and oxygen atoms in total. The van der Waals surface area contributed by atoms with Crippen molar-refractivity contribution in [3.63, 3.8) is 0 Å². The van der Waals surface area contributed by atoms with Crippen LogP contribution < -0.4 is 9.47 Å². The van der Waals surface area contributed by atoms with Crippen molar-refractivity contribution < 1.29 is 9.47 Å². The van der Waals surface area contributed by atoms with Gasteiger partial charge in [0.15, 0.2) is 5.82 Å². The molecule has 12 aromatic rings. The summed E-state index contributed by atoms with van der Waals surface area (Å²) in [5.74, 6) is 5.27. The molecule has 0 bridgehead atoms. The van der Waals surface area contributed by atoms with Crippen molar-refractivity contribution in [2.24, 2.45) is 0 Å². The number of ether oxygens (including phenoxy) is 2. The van der Waals surface area contributed by atoms with E-state index in [9.17, 15) is 0 Å². The second-order valence-electron chi connectivity index (χ2n) is 21.5. The number of rotatable bonds is 7. The van der Waals surface area contributed by atoms with E-state index in [1.807, 2.05) is 74.1 Å². The Labute approximate surface area is 411 Å². The zero-order valence-electron chi connectivity index (χ0n) is 41.4. The molecule has 71 heavy (non-hydrogen) atoms. The van der Waals surface area contributed by atoms with Crippen molar-refractivity contribution in [3.8, 4) is 40.6 Å². The van der Waals surface area contributed by atoms with E-state index >= 15 is 0 Å². The van der Waals surface area contributed by atoms with Gasteiger partial charge in [-0.15, -0.1) is 20.4 Å². The van der Waals surface area contributed by atoms with Gasteiger partial charge < -0.3 is 9.47 Å². The van der Waals surface area contributed by atoms with Crippen LogP contribution in [0.25, 0.3) is 83.0 Å². The summed E-state index contributed by atoms with van der Waals surface area (Å²) in [6, 6.07) is 50.2. The first-order chi connectivity index (χ1) is 34.1. The quantitative estimate of drug-likeness (QED) is 0.155. The molecule has 0 aliphatic rings. The minimum absolute atomic E-state index is 0.0391. The first-order valence-electron chi connectivity index (χ1n) is 24.1. The SMILES string of the molecule is CC(C)(C)c1ccnc(-n2c3ccccc3c3ccc(Oc4ccc5c6ccc(Oc7ccc8c9ccccc9n(-c9cc(C(C)(C)C)ccn9)c8c7)cc6n(-c6nnc(C(C)(C)C)nn6)c5c4)cc32)c1. The number of hydrogen-bond donors (Lipinski definition) is 0. The van der Waals surface area contributed by atoms with Gasteiger partial charge in [0.25, 0.3) is 5.95 Å². The summed E-state index contributed by atoms with van der Waals surface area (Å²) in [5, 5.41) is 25.0. The van der Waals surface area contributed by atoms with Crippen molar-refractivity contribution in [2.75, 3.05) is 0 Å². The fourth-order valence-electron chi connectivity index (χ4n) is 9.74. The molecule has 0 aliphatic carbocycles. The lowest BCUT2D eigenvalue weighted by molar-refractivity contribution is 0.484. The topological polar surface area (TPSA) is 111 Å². The van der Waals surface area contributed by atoms with Crippen LogP contribution in [0, 0.1) is 0 Å². The highest BCUT2D eigenvalue weighted by Gasteiger charge is 2.24. The predicted octanol–water partition coefficient (Wildman–Crippen LogP) is 14.8. The lowest BCUT2D eigenvalue weighted by atomic mass is 9.88. The van der Waals surface area contributed by atoms with E-state index in [2.05, 4.69) is 180 Å². The van der Waals surface area contributed by atoms with E-state index in [1.165, 1.54) is 11.1 Å². The van der Waals surface area contributed by atoms with Crippen molar-refractivity contribution in [1.29, 1.82) is 0 Å². The maximum absolute atomic E-state index is 6.78. The molecule has 6 aromatic carbocycles. The number of para-hydroxylation sites is 2. The molecular formula is C60H53N9O2. The highest BCUT2D eigenvalue weighted by atomic mass is 16.5. The monoisotopic (exact) mass is 931 g/mol. The molecule has 350 valence electrons. The number of nitrogens with zero attached hydrogens (tertiary/aromatic N) is 9. The molecule has 0 radical (unpaired) electrons. The maximum atomic E-state index is 6.78. The summed E-state index contributed by atoms with van der Waals surface area (Å²) in [5.41, 5.74) is 7.83. The molecule has 0 saturated carbocycles. The largest absolute Gasteiger partial charge is 0.457 e. The average Bonchev–Trinajstić information content (AvgIpc) is 3.98. The summed E-state index contributed by atoms with van der Waals surface area (Å²) >= 11 is 0. The standard InChI is InChI=1S/C60H53N9O2/c1-58(2,3)36-26-28-61-54(30-36)67-48-16-12-10-14-42(48)44-22-18-38(32-50(44)67)70-40-20-24-46-47-25-21-41(35-53(47)69(52(46)34-40)57-65-63-56(64-66-57)60(7,8)9)71-39-19-23-45-43-15-11-13-17-49(43)68(51(45)33-39)55-31-37(27-29-62-55)59(4,5)6/h10-35H,1-9H3. The average molecular weight is 932 g/mol. The van der Waals surface area contributed by atoms with Gasteiger partial charge in [0.2, 0.25) is 0 Å². The van der Waals surface area contributed by atoms with Gasteiger partial charge in [-0.2, -0.15) is 0 Å². The number of pyridine rings is 2. The Kier molecular flexibility index (Phi) is 9.91. The second kappa shape index (κ2) is 16.1. The van der Waals surface area contributed by atoms with Crippen LogP contribution in [0.1, 0.15) is 79.3 Å². The van der Waals surface area contributed by atoms with Gasteiger partial charge in [0.1, 0.15) is 34.6 Å². The van der Waals surface area contributed by atoms with Crippen LogP contribution in [0.15, 0.2) is 158 Å². The zero-order valence-corrected chi connectivity index (χ0v) is 41.4. The molecular weight excluding hydrogens is 879 g/mol. The Balaban J connectivity index is 0.962. The molecule has 6 aromatic heterocycles. The summed E-state index contributed by atoms with van der Waals surface area (Å²) in [6.45, 7) is 19.5. The summed E-state index contributed by atoms with van der Waals surface area (Å²) in [4.78, 5) is 9.76. The summed E-state index contributed by atoms with van der Waals surface area (Å²) in [7, 11) is 0. The van der Waals surface area contributed by atoms with Gasteiger partial charge in [-0.3, -0.25) is 13.7 Å². The molecule has 11 heteroatoms. The van der Waals surface area contributed by atoms with Crippen LogP contribution >= 0.6 is 0 Å². The third-order valence-corrected chi connectivity index (χ3v) is 13.5. The number of hydrogen-bond acceptors (Lipinski definition) is 8. The molecule has 0 N–H and O–H groups in total. The van der Waals surface area contributed by atoms with E-state index < -0.39 is 0 Å². The first-order valence-corrected chi connectivity index (χ1v) is 24.1. The van der Waals surface area contributed by atoms with E-state index in [1.54, 1.807) is 0 Å². The van der Waals surface area contributed by atoms with Crippen LogP contribution in [-0.2, 0) is 16.2 Å². The zero-order chi connectivity index (χ0) is 49.0. The van der Waals surface area contributed by atoms with E-state index in [0.29, 0.717) is 34.8 Å². The minimum atomic E-state index is -0.335. The van der Waals surface area contributed by atoms with Crippen LogP contribution in [0.2, 0.25) is 0 Å². The minimum Gasteiger partial charge on any atom is -0.457 e. The Morgan fingerprint density at radius 1 is 0.338 bits per heavy atom. The summed E-state index contributed by atoms with van der Waals surface area (Å²) in [6.07, 6.45) is 3.80. The second-order valence-corrected chi connectivity index (χ2v) is 21.5. The number of benzene rings is 6. The fourth-order valence-corrected chi connectivity index (χ4v) is 9.74. The molecule has 12 rings (SSSR count). The van der Waals surface area contributed by atoms with Gasteiger partial charge >= 0.3 is 0 Å². The third-order valence-electron chi connectivity index (χ3n) is 13.5. The van der Waals surface area contributed by atoms with Crippen LogP contribution in [0.5, 0.6) is 23.0 Å². The normalized spacial score (nSPS) is 12.6. The van der Waals surface area contributed by atoms with Gasteiger partial charge in [0, 0.05) is 74.4 Å². The van der Waals surface area contributed by atoms with Gasteiger partial charge in [-0.1, -0.05) is 98.7 Å². The van der Waals surface area contributed by atoms with Crippen LogP contribution in [0.4, 0.5) is 0 Å². The molecule has 0 amide bonds. The lowest BCUT2D eigenvalue weighted by Crippen LogP contribution is -2.19. The lowest BCUT2D eigenvalue weighted by Gasteiger charge is -2.20. The van der Waals surface area contributed by atoms with E-state index in [-0.39, 0.29) is 16.2 Å². The maximum Gasteiger partial charge on any atom is 0.273 e.